The molecule has 1 aromatic heterocycles. The fourth-order valence-corrected chi connectivity index (χ4v) is 3.56. The van der Waals surface area contributed by atoms with Gasteiger partial charge in [-0.25, -0.2) is 9.78 Å². The van der Waals surface area contributed by atoms with Crippen molar-refractivity contribution in [1.29, 1.82) is 0 Å². The van der Waals surface area contributed by atoms with Crippen molar-refractivity contribution in [2.24, 2.45) is 0 Å². The van der Waals surface area contributed by atoms with Crippen LogP contribution in [0, 0.1) is 0 Å². The molecule has 0 spiro atoms. The first-order valence-electron chi connectivity index (χ1n) is 8.51. The third-order valence-electron chi connectivity index (χ3n) is 4.14. The first-order chi connectivity index (χ1) is 12.2. The number of urea groups is 1. The fourth-order valence-electron chi connectivity index (χ4n) is 2.86. The van der Waals surface area contributed by atoms with Gasteiger partial charge in [-0.3, -0.25) is 10.1 Å². The number of rotatable bonds is 6. The van der Waals surface area contributed by atoms with Gasteiger partial charge in [-0.15, -0.1) is 11.3 Å². The molecule has 1 heterocycles. The SMILES string of the molecule is O=C(Cc1csc(NC(=O)NC2CCCC2)n1)NCc1ccccc1. The van der Waals surface area contributed by atoms with Gasteiger partial charge in [-0.05, 0) is 18.4 Å². The van der Waals surface area contributed by atoms with Gasteiger partial charge in [0, 0.05) is 18.0 Å². The Bertz CT molecular complexity index is 711. The van der Waals surface area contributed by atoms with E-state index in [0.29, 0.717) is 17.4 Å². The van der Waals surface area contributed by atoms with E-state index in [1.165, 1.54) is 24.2 Å². The zero-order valence-electron chi connectivity index (χ0n) is 14.0. The molecule has 0 saturated heterocycles. The lowest BCUT2D eigenvalue weighted by Gasteiger charge is -2.11. The Morgan fingerprint density at radius 1 is 1.16 bits per heavy atom. The smallest absolute Gasteiger partial charge is 0.321 e. The van der Waals surface area contributed by atoms with Crippen LogP contribution in [0.3, 0.4) is 0 Å². The van der Waals surface area contributed by atoms with Crippen LogP contribution in [0.25, 0.3) is 0 Å². The van der Waals surface area contributed by atoms with Crippen molar-refractivity contribution in [2.75, 3.05) is 5.32 Å². The van der Waals surface area contributed by atoms with E-state index in [1.807, 2.05) is 30.3 Å². The van der Waals surface area contributed by atoms with Gasteiger partial charge in [-0.1, -0.05) is 43.2 Å². The molecule has 0 aliphatic heterocycles. The van der Waals surface area contributed by atoms with Crippen molar-refractivity contribution in [3.63, 3.8) is 0 Å². The maximum atomic E-state index is 12.0. The summed E-state index contributed by atoms with van der Waals surface area (Å²) in [6.45, 7) is 0.499. The van der Waals surface area contributed by atoms with Gasteiger partial charge in [-0.2, -0.15) is 0 Å². The number of anilines is 1. The van der Waals surface area contributed by atoms with Crippen LogP contribution < -0.4 is 16.0 Å². The lowest BCUT2D eigenvalue weighted by atomic mass is 10.2. The minimum absolute atomic E-state index is 0.0869. The van der Waals surface area contributed by atoms with Crippen LogP contribution in [0.5, 0.6) is 0 Å². The minimum Gasteiger partial charge on any atom is -0.352 e. The van der Waals surface area contributed by atoms with Crippen molar-refractivity contribution < 1.29 is 9.59 Å². The number of aromatic nitrogens is 1. The summed E-state index contributed by atoms with van der Waals surface area (Å²) in [6, 6.07) is 9.80. The first-order valence-corrected chi connectivity index (χ1v) is 9.39. The number of nitrogens with zero attached hydrogens (tertiary/aromatic N) is 1. The van der Waals surface area contributed by atoms with Crippen molar-refractivity contribution in [2.45, 2.75) is 44.7 Å². The summed E-state index contributed by atoms with van der Waals surface area (Å²) in [7, 11) is 0. The van der Waals surface area contributed by atoms with E-state index in [1.54, 1.807) is 5.38 Å². The second kappa shape index (κ2) is 8.62. The summed E-state index contributed by atoms with van der Waals surface area (Å²) < 4.78 is 0. The molecule has 1 aromatic carbocycles. The zero-order chi connectivity index (χ0) is 17.5. The summed E-state index contributed by atoms with van der Waals surface area (Å²) in [5.41, 5.74) is 1.71. The highest BCUT2D eigenvalue weighted by atomic mass is 32.1. The summed E-state index contributed by atoms with van der Waals surface area (Å²) in [6.07, 6.45) is 4.63. The molecule has 1 saturated carbocycles. The molecule has 0 atom stereocenters. The normalized spacial score (nSPS) is 14.2. The van der Waals surface area contributed by atoms with Crippen LogP contribution >= 0.6 is 11.3 Å². The second-order valence-electron chi connectivity index (χ2n) is 6.16. The highest BCUT2D eigenvalue weighted by molar-refractivity contribution is 7.13. The number of amides is 3. The van der Waals surface area contributed by atoms with Gasteiger partial charge in [0.15, 0.2) is 5.13 Å². The Kier molecular flexibility index (Phi) is 6.00. The number of benzene rings is 1. The highest BCUT2D eigenvalue weighted by Crippen LogP contribution is 2.19. The number of thiazole rings is 1. The summed E-state index contributed by atoms with van der Waals surface area (Å²) >= 11 is 1.33. The average Bonchev–Trinajstić information content (AvgIpc) is 3.26. The van der Waals surface area contributed by atoms with Crippen LogP contribution in [-0.4, -0.2) is 23.0 Å². The Labute approximate surface area is 151 Å². The van der Waals surface area contributed by atoms with Gasteiger partial charge in [0.05, 0.1) is 12.1 Å². The average molecular weight is 358 g/mol. The first kappa shape index (κ1) is 17.4. The number of hydrogen-bond acceptors (Lipinski definition) is 4. The van der Waals surface area contributed by atoms with E-state index in [9.17, 15) is 9.59 Å². The lowest BCUT2D eigenvalue weighted by Crippen LogP contribution is -2.36. The van der Waals surface area contributed by atoms with Crippen LogP contribution in [0.2, 0.25) is 0 Å². The van der Waals surface area contributed by atoms with Gasteiger partial charge < -0.3 is 10.6 Å². The number of carbonyl (C=O) groups excluding carboxylic acids is 2. The van der Waals surface area contributed by atoms with Gasteiger partial charge in [0.1, 0.15) is 0 Å². The summed E-state index contributed by atoms with van der Waals surface area (Å²) in [5.74, 6) is -0.0869. The second-order valence-corrected chi connectivity index (χ2v) is 7.02. The third kappa shape index (κ3) is 5.56. The molecule has 3 N–H and O–H groups in total. The van der Waals surface area contributed by atoms with Gasteiger partial charge in [0.2, 0.25) is 5.91 Å². The van der Waals surface area contributed by atoms with Gasteiger partial charge in [0.25, 0.3) is 0 Å². The van der Waals surface area contributed by atoms with Crippen molar-refractivity contribution in [3.8, 4) is 0 Å². The molecule has 0 radical (unpaired) electrons. The Morgan fingerprint density at radius 3 is 2.68 bits per heavy atom. The van der Waals surface area contributed by atoms with E-state index in [4.69, 9.17) is 0 Å². The maximum absolute atomic E-state index is 12.0. The predicted molar refractivity (Wildman–Crippen MR) is 98.5 cm³/mol. The third-order valence-corrected chi connectivity index (χ3v) is 4.94. The molecule has 7 heteroatoms. The molecular formula is C18H22N4O2S. The molecule has 1 aliphatic carbocycles. The highest BCUT2D eigenvalue weighted by Gasteiger charge is 2.17. The summed E-state index contributed by atoms with van der Waals surface area (Å²) in [5, 5.41) is 10.9. The van der Waals surface area contributed by atoms with E-state index < -0.39 is 0 Å². The molecule has 3 rings (SSSR count). The van der Waals surface area contributed by atoms with E-state index in [-0.39, 0.29) is 24.4 Å². The molecule has 2 aromatic rings. The molecule has 1 fully saturated rings. The zero-order valence-corrected chi connectivity index (χ0v) is 14.8. The molecular weight excluding hydrogens is 336 g/mol. The fraction of sp³-hybridized carbons (Fsp3) is 0.389. The Balaban J connectivity index is 1.42. The molecule has 6 nitrogen and oxygen atoms in total. The standard InChI is InChI=1S/C18H22N4O2S/c23-16(19-11-13-6-2-1-3-7-13)10-15-12-25-18(21-15)22-17(24)20-14-8-4-5-9-14/h1-3,6-7,12,14H,4-5,8-11H2,(H,19,23)(H2,20,21,22,24). The van der Waals surface area contributed by atoms with Crippen LogP contribution in [0.4, 0.5) is 9.93 Å². The Hall–Kier alpha value is -2.41. The van der Waals surface area contributed by atoms with Crippen LogP contribution in [-0.2, 0) is 17.8 Å². The topological polar surface area (TPSA) is 83.1 Å². The lowest BCUT2D eigenvalue weighted by molar-refractivity contribution is -0.120. The minimum atomic E-state index is -0.221. The molecule has 132 valence electrons. The predicted octanol–water partition coefficient (Wildman–Crippen LogP) is 3.07. The maximum Gasteiger partial charge on any atom is 0.321 e. The number of hydrogen-bond donors (Lipinski definition) is 3. The molecule has 25 heavy (non-hydrogen) atoms. The van der Waals surface area contributed by atoms with Crippen molar-refractivity contribution in [3.05, 3.63) is 47.0 Å². The Morgan fingerprint density at radius 2 is 1.92 bits per heavy atom. The van der Waals surface area contributed by atoms with Crippen molar-refractivity contribution >= 4 is 28.4 Å². The molecule has 1 aliphatic rings. The molecule has 0 bridgehead atoms. The monoisotopic (exact) mass is 358 g/mol. The quantitative estimate of drug-likeness (QED) is 0.742. The van der Waals surface area contributed by atoms with E-state index >= 15 is 0 Å². The van der Waals surface area contributed by atoms with Gasteiger partial charge >= 0.3 is 6.03 Å². The van der Waals surface area contributed by atoms with Crippen LogP contribution in [0.1, 0.15) is 36.9 Å². The van der Waals surface area contributed by atoms with Crippen molar-refractivity contribution in [1.82, 2.24) is 15.6 Å². The van der Waals surface area contributed by atoms with Crippen LogP contribution in [0.15, 0.2) is 35.7 Å². The molecule has 3 amide bonds. The number of carbonyl (C=O) groups is 2. The summed E-state index contributed by atoms with van der Waals surface area (Å²) in [4.78, 5) is 28.2. The van der Waals surface area contributed by atoms with E-state index in [0.717, 1.165) is 18.4 Å². The van der Waals surface area contributed by atoms with E-state index in [2.05, 4.69) is 20.9 Å². The largest absolute Gasteiger partial charge is 0.352 e. The number of nitrogens with one attached hydrogen (secondary N) is 3. The molecule has 0 unspecified atom stereocenters.